The van der Waals surface area contributed by atoms with Gasteiger partial charge in [0.1, 0.15) is 6.61 Å². The number of hydrogen-bond acceptors (Lipinski definition) is 4. The zero-order valence-corrected chi connectivity index (χ0v) is 11.7. The Balaban J connectivity index is 1.93. The molecule has 1 aromatic rings. The normalized spacial score (nSPS) is 29.4. The molecule has 19 heavy (non-hydrogen) atoms. The monoisotopic (exact) mass is 263 g/mol. The Morgan fingerprint density at radius 3 is 2.68 bits per heavy atom. The Kier molecular flexibility index (Phi) is 4.93. The van der Waals surface area contributed by atoms with Gasteiger partial charge in [-0.3, -0.25) is 0 Å². The summed E-state index contributed by atoms with van der Waals surface area (Å²) < 4.78 is 10.9. The highest BCUT2D eigenvalue weighted by molar-refractivity contribution is 5.87. The van der Waals surface area contributed by atoms with Crippen molar-refractivity contribution in [3.8, 4) is 0 Å². The maximum atomic E-state index is 5.68. The second-order valence-corrected chi connectivity index (χ2v) is 4.84. The third-order valence-corrected chi connectivity index (χ3v) is 3.49. The molecule has 0 bridgehead atoms. The molecular weight excluding hydrogens is 242 g/mol. The minimum atomic E-state index is -0.217. The van der Waals surface area contributed by atoms with Crippen LogP contribution in [0.15, 0.2) is 35.5 Å². The van der Waals surface area contributed by atoms with Crippen molar-refractivity contribution >= 4 is 5.71 Å². The molecule has 1 fully saturated rings. The van der Waals surface area contributed by atoms with Crippen LogP contribution in [0.1, 0.15) is 25.8 Å². The van der Waals surface area contributed by atoms with E-state index in [-0.39, 0.29) is 18.3 Å². The number of methoxy groups -OCH3 is 1. The average molecular weight is 263 g/mol. The molecule has 0 unspecified atom stereocenters. The van der Waals surface area contributed by atoms with E-state index in [0.29, 0.717) is 13.0 Å². The van der Waals surface area contributed by atoms with Crippen LogP contribution >= 0.6 is 0 Å². The molecule has 3 atom stereocenters. The third-order valence-electron chi connectivity index (χ3n) is 3.49. The maximum absolute atomic E-state index is 5.68. The molecule has 4 heteroatoms. The Morgan fingerprint density at radius 1 is 1.26 bits per heavy atom. The largest absolute Gasteiger partial charge is 0.391 e. The first kappa shape index (κ1) is 14.0. The summed E-state index contributed by atoms with van der Waals surface area (Å²) in [6, 6.07) is 10.0. The molecule has 1 saturated heterocycles. The lowest BCUT2D eigenvalue weighted by Crippen LogP contribution is -2.39. The number of hydrogen-bond donors (Lipinski definition) is 0. The first-order chi connectivity index (χ1) is 9.20. The van der Waals surface area contributed by atoms with Gasteiger partial charge in [0, 0.05) is 19.4 Å². The van der Waals surface area contributed by atoms with Crippen LogP contribution in [-0.4, -0.2) is 25.2 Å². The van der Waals surface area contributed by atoms with Crippen molar-refractivity contribution in [3.05, 3.63) is 35.9 Å². The van der Waals surface area contributed by atoms with E-state index in [4.69, 9.17) is 14.3 Å². The molecule has 0 aromatic heterocycles. The van der Waals surface area contributed by atoms with E-state index in [1.807, 2.05) is 37.3 Å². The first-order valence-corrected chi connectivity index (χ1v) is 6.61. The van der Waals surface area contributed by atoms with Crippen LogP contribution in [-0.2, 0) is 20.9 Å². The number of ether oxygens (including phenoxy) is 2. The van der Waals surface area contributed by atoms with Crippen molar-refractivity contribution in [2.24, 2.45) is 11.1 Å². The molecule has 0 saturated carbocycles. The van der Waals surface area contributed by atoms with Gasteiger partial charge in [-0.05, 0) is 12.5 Å². The van der Waals surface area contributed by atoms with E-state index in [9.17, 15) is 0 Å². The quantitative estimate of drug-likeness (QED) is 0.784. The molecule has 0 spiro atoms. The lowest BCUT2D eigenvalue weighted by molar-refractivity contribution is -0.163. The van der Waals surface area contributed by atoms with Crippen molar-refractivity contribution in [3.63, 3.8) is 0 Å². The van der Waals surface area contributed by atoms with Crippen LogP contribution in [0.25, 0.3) is 0 Å². The van der Waals surface area contributed by atoms with Crippen molar-refractivity contribution in [2.75, 3.05) is 7.11 Å². The van der Waals surface area contributed by atoms with Gasteiger partial charge in [-0.1, -0.05) is 42.4 Å². The Morgan fingerprint density at radius 2 is 2.00 bits per heavy atom. The highest BCUT2D eigenvalue weighted by atomic mass is 16.7. The van der Waals surface area contributed by atoms with Gasteiger partial charge in [0.15, 0.2) is 6.29 Å². The smallest absolute Gasteiger partial charge is 0.162 e. The number of oxime groups is 1. The number of rotatable bonds is 4. The van der Waals surface area contributed by atoms with E-state index in [0.717, 1.165) is 11.3 Å². The first-order valence-electron chi connectivity index (χ1n) is 6.61. The summed E-state index contributed by atoms with van der Waals surface area (Å²) in [6.07, 6.45) is 0.541. The van der Waals surface area contributed by atoms with Gasteiger partial charge in [-0.15, -0.1) is 0 Å². The summed E-state index contributed by atoms with van der Waals surface area (Å²) in [4.78, 5) is 5.45. The van der Waals surface area contributed by atoms with Crippen LogP contribution in [0.4, 0.5) is 0 Å². The topological polar surface area (TPSA) is 40.0 Å². The zero-order valence-electron chi connectivity index (χ0n) is 11.7. The second-order valence-electron chi connectivity index (χ2n) is 4.84. The molecule has 1 heterocycles. The Bertz CT molecular complexity index is 419. The fourth-order valence-corrected chi connectivity index (χ4v) is 2.06. The molecule has 4 nitrogen and oxygen atoms in total. The predicted molar refractivity (Wildman–Crippen MR) is 73.8 cm³/mol. The van der Waals surface area contributed by atoms with Crippen LogP contribution in [0.3, 0.4) is 0 Å². The molecule has 1 aromatic carbocycles. The van der Waals surface area contributed by atoms with E-state index in [2.05, 4.69) is 12.1 Å². The second kappa shape index (κ2) is 6.68. The summed E-state index contributed by atoms with van der Waals surface area (Å²) in [7, 11) is 1.65. The van der Waals surface area contributed by atoms with Crippen LogP contribution < -0.4 is 0 Å². The Hall–Kier alpha value is -1.39. The van der Waals surface area contributed by atoms with E-state index in [1.165, 1.54) is 0 Å². The molecule has 0 aliphatic carbocycles. The van der Waals surface area contributed by atoms with Crippen LogP contribution in [0.2, 0.25) is 0 Å². The molecule has 0 amide bonds. The van der Waals surface area contributed by atoms with Crippen molar-refractivity contribution < 1.29 is 14.3 Å². The zero-order chi connectivity index (χ0) is 13.7. The summed E-state index contributed by atoms with van der Waals surface area (Å²) >= 11 is 0. The standard InChI is InChI=1S/C15H21NO3/c1-11-12(2)19-15(17-3)9-14(11)16-18-10-13-7-5-4-6-8-13/h4-8,11-12,15H,9-10H2,1-3H3/b16-14-/t11-,12-,15+/m0/s1. The average Bonchev–Trinajstić information content (AvgIpc) is 2.44. The third kappa shape index (κ3) is 3.78. The fraction of sp³-hybridized carbons (Fsp3) is 0.533. The van der Waals surface area contributed by atoms with Gasteiger partial charge < -0.3 is 14.3 Å². The maximum Gasteiger partial charge on any atom is 0.162 e. The van der Waals surface area contributed by atoms with Crippen LogP contribution in [0.5, 0.6) is 0 Å². The van der Waals surface area contributed by atoms with Gasteiger partial charge in [0.05, 0.1) is 11.8 Å². The predicted octanol–water partition coefficient (Wildman–Crippen LogP) is 2.98. The molecule has 1 aliphatic heterocycles. The molecule has 0 radical (unpaired) electrons. The number of benzene rings is 1. The summed E-state index contributed by atoms with van der Waals surface area (Å²) in [6.45, 7) is 4.62. The van der Waals surface area contributed by atoms with Crippen molar-refractivity contribution in [1.82, 2.24) is 0 Å². The van der Waals surface area contributed by atoms with E-state index >= 15 is 0 Å². The van der Waals surface area contributed by atoms with Crippen molar-refractivity contribution in [1.29, 1.82) is 0 Å². The minimum Gasteiger partial charge on any atom is -0.391 e. The summed E-state index contributed by atoms with van der Waals surface area (Å²) in [5.41, 5.74) is 2.12. The SMILES string of the molecule is CO[C@H]1C/C(=N/OCc2ccccc2)[C@@H](C)[C@H](C)O1. The lowest BCUT2D eigenvalue weighted by atomic mass is 9.95. The summed E-state index contributed by atoms with van der Waals surface area (Å²) in [5, 5.41) is 4.26. The van der Waals surface area contributed by atoms with Crippen molar-refractivity contribution in [2.45, 2.75) is 39.3 Å². The van der Waals surface area contributed by atoms with Crippen LogP contribution in [0, 0.1) is 5.92 Å². The Labute approximate surface area is 114 Å². The molecule has 1 aliphatic rings. The number of nitrogens with zero attached hydrogens (tertiary/aromatic N) is 1. The van der Waals surface area contributed by atoms with Gasteiger partial charge >= 0.3 is 0 Å². The molecule has 104 valence electrons. The minimum absolute atomic E-state index is 0.0952. The van der Waals surface area contributed by atoms with Gasteiger partial charge in [0.2, 0.25) is 0 Å². The molecular formula is C15H21NO3. The highest BCUT2D eigenvalue weighted by Gasteiger charge is 2.30. The van der Waals surface area contributed by atoms with Gasteiger partial charge in [-0.2, -0.15) is 0 Å². The molecule has 0 N–H and O–H groups in total. The van der Waals surface area contributed by atoms with Gasteiger partial charge in [-0.25, -0.2) is 0 Å². The van der Waals surface area contributed by atoms with E-state index in [1.54, 1.807) is 7.11 Å². The summed E-state index contributed by atoms with van der Waals surface area (Å²) in [5.74, 6) is 0.252. The van der Waals surface area contributed by atoms with E-state index < -0.39 is 0 Å². The lowest BCUT2D eigenvalue weighted by Gasteiger charge is -2.32. The van der Waals surface area contributed by atoms with Gasteiger partial charge in [0.25, 0.3) is 0 Å². The fourth-order valence-electron chi connectivity index (χ4n) is 2.06. The molecule has 2 rings (SSSR count). The highest BCUT2D eigenvalue weighted by Crippen LogP contribution is 2.23.